The lowest BCUT2D eigenvalue weighted by molar-refractivity contribution is -0.134. The summed E-state index contributed by atoms with van der Waals surface area (Å²) in [7, 11) is 0. The average molecular weight is 400 g/mol. The minimum absolute atomic E-state index is 0.0905. The van der Waals surface area contributed by atoms with Gasteiger partial charge in [0.05, 0.1) is 12.2 Å². The minimum atomic E-state index is -1.26. The molecule has 0 radical (unpaired) electrons. The lowest BCUT2D eigenvalue weighted by atomic mass is 10.1. The Hall–Kier alpha value is -3.00. The van der Waals surface area contributed by atoms with Gasteiger partial charge in [0.15, 0.2) is 5.78 Å². The number of benzene rings is 1. The normalized spacial score (nSPS) is 19.6. The second-order valence-corrected chi connectivity index (χ2v) is 7.45. The number of Topliss-reactive ketones (excluding diaryl/α,β-unsaturated/α-hetero) is 1. The van der Waals surface area contributed by atoms with Gasteiger partial charge in [-0.15, -0.1) is 0 Å². The van der Waals surface area contributed by atoms with Gasteiger partial charge in [-0.05, 0) is 50.9 Å². The summed E-state index contributed by atoms with van der Waals surface area (Å²) in [6, 6.07) is 7.56. The molecule has 1 aliphatic carbocycles. The zero-order chi connectivity index (χ0) is 21.0. The lowest BCUT2D eigenvalue weighted by Gasteiger charge is -2.30. The number of likely N-dealkylation sites (tertiary alicyclic amines) is 1. The van der Waals surface area contributed by atoms with Crippen LogP contribution in [0.1, 0.15) is 42.5 Å². The standard InChI is InChI=1S/C17H20N2O2.C4H4O4/c20-15(12-18-10-4-1-5-11-18)19-14-7-3-2-6-13(14)16(21)17(19)8-9-17;5-3(6)1-2-4(7)8/h2-3,6-7H,1,4-5,8-12H2;1-2H,(H,5,6)(H,7,8)/b;2-1-. The van der Waals surface area contributed by atoms with Gasteiger partial charge in [0.1, 0.15) is 5.54 Å². The van der Waals surface area contributed by atoms with Gasteiger partial charge in [-0.2, -0.15) is 0 Å². The Labute approximate surface area is 168 Å². The van der Waals surface area contributed by atoms with Crippen LogP contribution >= 0.6 is 0 Å². The molecule has 1 saturated heterocycles. The van der Waals surface area contributed by atoms with Crippen LogP contribution in [0.4, 0.5) is 5.69 Å². The molecule has 0 atom stereocenters. The third-order valence-corrected chi connectivity index (χ3v) is 5.39. The number of piperidine rings is 1. The van der Waals surface area contributed by atoms with E-state index in [4.69, 9.17) is 10.2 Å². The summed E-state index contributed by atoms with van der Waals surface area (Å²) in [5.41, 5.74) is 1.01. The Balaban J connectivity index is 0.000000258. The van der Waals surface area contributed by atoms with E-state index in [0.717, 1.165) is 37.2 Å². The van der Waals surface area contributed by atoms with Gasteiger partial charge in [0.25, 0.3) is 0 Å². The lowest BCUT2D eigenvalue weighted by Crippen LogP contribution is -2.48. The van der Waals surface area contributed by atoms with Crippen LogP contribution in [0, 0.1) is 0 Å². The first-order valence-corrected chi connectivity index (χ1v) is 9.68. The highest BCUT2D eigenvalue weighted by molar-refractivity contribution is 6.22. The molecule has 0 aromatic heterocycles. The molecule has 4 rings (SSSR count). The summed E-state index contributed by atoms with van der Waals surface area (Å²) >= 11 is 0. The van der Waals surface area contributed by atoms with Crippen LogP contribution in [0.2, 0.25) is 0 Å². The summed E-state index contributed by atoms with van der Waals surface area (Å²) in [6.45, 7) is 2.45. The maximum atomic E-state index is 12.8. The number of ketones is 1. The van der Waals surface area contributed by atoms with Crippen molar-refractivity contribution in [2.24, 2.45) is 0 Å². The van der Waals surface area contributed by atoms with Crippen LogP contribution in [0.25, 0.3) is 0 Å². The number of carbonyl (C=O) groups excluding carboxylic acids is 2. The first-order chi connectivity index (χ1) is 13.8. The molecule has 1 spiro atoms. The Bertz CT molecular complexity index is 836. The molecule has 2 heterocycles. The van der Waals surface area contributed by atoms with Crippen LogP contribution < -0.4 is 4.90 Å². The molecule has 3 aliphatic rings. The van der Waals surface area contributed by atoms with Crippen molar-refractivity contribution < 1.29 is 29.4 Å². The molecule has 0 unspecified atom stereocenters. The quantitative estimate of drug-likeness (QED) is 0.742. The molecule has 1 amide bonds. The number of carbonyl (C=O) groups is 4. The number of amides is 1. The molecular formula is C21H24N2O6. The summed E-state index contributed by atoms with van der Waals surface area (Å²) in [6.07, 6.45) is 6.35. The summed E-state index contributed by atoms with van der Waals surface area (Å²) < 4.78 is 0. The fourth-order valence-corrected chi connectivity index (χ4v) is 3.91. The van der Waals surface area contributed by atoms with Crippen molar-refractivity contribution in [3.63, 3.8) is 0 Å². The van der Waals surface area contributed by atoms with E-state index in [1.807, 2.05) is 24.3 Å². The van der Waals surface area contributed by atoms with Gasteiger partial charge < -0.3 is 10.2 Å². The van der Waals surface area contributed by atoms with Crippen molar-refractivity contribution in [2.75, 3.05) is 24.5 Å². The summed E-state index contributed by atoms with van der Waals surface area (Å²) in [5.74, 6) is -2.28. The number of rotatable bonds is 4. The molecule has 2 fully saturated rings. The van der Waals surface area contributed by atoms with Crippen LogP contribution in [0.3, 0.4) is 0 Å². The van der Waals surface area contributed by atoms with Gasteiger partial charge >= 0.3 is 11.9 Å². The number of para-hydroxylation sites is 1. The molecule has 8 nitrogen and oxygen atoms in total. The van der Waals surface area contributed by atoms with Crippen molar-refractivity contribution in [3.8, 4) is 0 Å². The fourth-order valence-electron chi connectivity index (χ4n) is 3.91. The van der Waals surface area contributed by atoms with E-state index in [0.29, 0.717) is 18.7 Å². The summed E-state index contributed by atoms with van der Waals surface area (Å²) in [4.78, 5) is 48.5. The highest BCUT2D eigenvalue weighted by Gasteiger charge is 2.61. The van der Waals surface area contributed by atoms with Crippen LogP contribution in [-0.2, 0) is 14.4 Å². The monoisotopic (exact) mass is 400 g/mol. The first kappa shape index (κ1) is 20.7. The van der Waals surface area contributed by atoms with E-state index >= 15 is 0 Å². The molecule has 2 N–H and O–H groups in total. The Kier molecular flexibility index (Phi) is 6.12. The van der Waals surface area contributed by atoms with Gasteiger partial charge in [0, 0.05) is 17.7 Å². The predicted octanol–water partition coefficient (Wildman–Crippen LogP) is 1.95. The van der Waals surface area contributed by atoms with Gasteiger partial charge in [-0.1, -0.05) is 18.6 Å². The van der Waals surface area contributed by atoms with Crippen molar-refractivity contribution in [2.45, 2.75) is 37.6 Å². The van der Waals surface area contributed by atoms with Crippen LogP contribution in [0.15, 0.2) is 36.4 Å². The number of hydrogen-bond donors (Lipinski definition) is 2. The minimum Gasteiger partial charge on any atom is -0.478 e. The maximum absolute atomic E-state index is 12.8. The van der Waals surface area contributed by atoms with E-state index in [1.165, 1.54) is 19.3 Å². The Morgan fingerprint density at radius 3 is 2.10 bits per heavy atom. The number of aliphatic carboxylic acids is 2. The summed E-state index contributed by atoms with van der Waals surface area (Å²) in [5, 5.41) is 15.6. The number of carboxylic acid groups (broad SMARTS) is 2. The van der Waals surface area contributed by atoms with E-state index in [2.05, 4.69) is 4.90 Å². The van der Waals surface area contributed by atoms with Crippen molar-refractivity contribution in [1.29, 1.82) is 0 Å². The van der Waals surface area contributed by atoms with Gasteiger partial charge in [-0.25, -0.2) is 9.59 Å². The number of carboxylic acids is 2. The molecule has 1 aromatic carbocycles. The number of nitrogens with zero attached hydrogens (tertiary/aromatic N) is 2. The molecule has 29 heavy (non-hydrogen) atoms. The van der Waals surface area contributed by atoms with E-state index in [9.17, 15) is 19.2 Å². The molecule has 1 saturated carbocycles. The molecule has 2 aliphatic heterocycles. The van der Waals surface area contributed by atoms with E-state index in [-0.39, 0.29) is 11.7 Å². The largest absolute Gasteiger partial charge is 0.478 e. The van der Waals surface area contributed by atoms with Crippen molar-refractivity contribution >= 4 is 29.3 Å². The maximum Gasteiger partial charge on any atom is 0.328 e. The second-order valence-electron chi connectivity index (χ2n) is 7.45. The van der Waals surface area contributed by atoms with E-state index < -0.39 is 17.5 Å². The second kappa shape index (κ2) is 8.57. The third-order valence-electron chi connectivity index (χ3n) is 5.39. The molecular weight excluding hydrogens is 376 g/mol. The molecule has 1 aromatic rings. The molecule has 154 valence electrons. The highest BCUT2D eigenvalue weighted by Crippen LogP contribution is 2.52. The molecule has 8 heteroatoms. The predicted molar refractivity (Wildman–Crippen MR) is 105 cm³/mol. The average Bonchev–Trinajstić information content (AvgIpc) is 3.44. The van der Waals surface area contributed by atoms with Gasteiger partial charge in [-0.3, -0.25) is 19.4 Å². The highest BCUT2D eigenvalue weighted by atomic mass is 16.4. The number of hydrogen-bond acceptors (Lipinski definition) is 5. The number of anilines is 1. The van der Waals surface area contributed by atoms with Gasteiger partial charge in [0.2, 0.25) is 5.91 Å². The number of fused-ring (bicyclic) bond motifs is 1. The van der Waals surface area contributed by atoms with Crippen molar-refractivity contribution in [1.82, 2.24) is 4.90 Å². The Morgan fingerprint density at radius 2 is 1.55 bits per heavy atom. The molecule has 0 bridgehead atoms. The Morgan fingerprint density at radius 1 is 0.966 bits per heavy atom. The van der Waals surface area contributed by atoms with Crippen molar-refractivity contribution in [3.05, 3.63) is 42.0 Å². The third kappa shape index (κ3) is 4.54. The zero-order valence-corrected chi connectivity index (χ0v) is 16.0. The SMILES string of the molecule is O=C(CN1CCCCC1)N1c2ccccc2C(=O)C12CC2.O=C(O)/C=C\C(=O)O. The fraction of sp³-hybridized carbons (Fsp3) is 0.429. The van der Waals surface area contributed by atoms with E-state index in [1.54, 1.807) is 4.90 Å². The van der Waals surface area contributed by atoms with Crippen LogP contribution in [-0.4, -0.2) is 63.9 Å². The smallest absolute Gasteiger partial charge is 0.328 e. The first-order valence-electron chi connectivity index (χ1n) is 9.68. The van der Waals surface area contributed by atoms with Crippen LogP contribution in [0.5, 0.6) is 0 Å². The zero-order valence-electron chi connectivity index (χ0n) is 16.0. The topological polar surface area (TPSA) is 115 Å².